The van der Waals surface area contributed by atoms with Crippen LogP contribution in [0.5, 0.6) is 0 Å². The molecule has 82 valence electrons. The number of fused-ring (bicyclic) bond motifs is 1. The van der Waals surface area contributed by atoms with Crippen LogP contribution in [0.15, 0.2) is 22.7 Å². The number of carboxylic acid groups (broad SMARTS) is 1. The molecule has 1 heterocycles. The van der Waals surface area contributed by atoms with Crippen molar-refractivity contribution in [1.29, 1.82) is 0 Å². The molecular weight excluding hydrogens is 298 g/mol. The van der Waals surface area contributed by atoms with Crippen LogP contribution in [-0.2, 0) is 0 Å². The van der Waals surface area contributed by atoms with Crippen molar-refractivity contribution in [2.75, 3.05) is 0 Å². The van der Waals surface area contributed by atoms with Gasteiger partial charge in [0.15, 0.2) is 0 Å². The molecule has 0 spiro atoms. The number of nitro groups is 1. The van der Waals surface area contributed by atoms with Gasteiger partial charge in [-0.1, -0.05) is 0 Å². The van der Waals surface area contributed by atoms with E-state index in [9.17, 15) is 14.9 Å². The lowest BCUT2D eigenvalue weighted by Crippen LogP contribution is -1.91. The minimum atomic E-state index is -1.08. The maximum Gasteiger partial charge on any atom is 0.345 e. The topological polar surface area (TPSA) is 80.4 Å². The third-order valence-corrected chi connectivity index (χ3v) is 3.74. The van der Waals surface area contributed by atoms with Gasteiger partial charge in [-0.05, 0) is 34.1 Å². The van der Waals surface area contributed by atoms with Crippen LogP contribution in [0.1, 0.15) is 9.67 Å². The molecule has 1 aromatic carbocycles. The summed E-state index contributed by atoms with van der Waals surface area (Å²) in [5, 5.41) is 20.0. The van der Waals surface area contributed by atoms with E-state index in [1.165, 1.54) is 6.07 Å². The van der Waals surface area contributed by atoms with Gasteiger partial charge in [0.05, 0.1) is 14.8 Å². The SMILES string of the molecule is O=C(O)c1cc2c([N+](=O)[O-])c(Br)ccc2s1. The highest BCUT2D eigenvalue weighted by Crippen LogP contribution is 2.37. The van der Waals surface area contributed by atoms with E-state index in [-0.39, 0.29) is 10.6 Å². The summed E-state index contributed by atoms with van der Waals surface area (Å²) in [6.07, 6.45) is 0. The average Bonchev–Trinajstić information content (AvgIpc) is 2.60. The summed E-state index contributed by atoms with van der Waals surface area (Å²) in [4.78, 5) is 21.2. The number of thiophene rings is 1. The van der Waals surface area contributed by atoms with Crippen molar-refractivity contribution in [1.82, 2.24) is 0 Å². The van der Waals surface area contributed by atoms with Crippen LogP contribution in [0, 0.1) is 10.1 Å². The van der Waals surface area contributed by atoms with Crippen molar-refractivity contribution in [3.8, 4) is 0 Å². The number of halogens is 1. The molecule has 5 nitrogen and oxygen atoms in total. The minimum absolute atomic E-state index is 0.0937. The molecule has 2 aromatic rings. The van der Waals surface area contributed by atoms with Gasteiger partial charge in [0.25, 0.3) is 5.69 Å². The van der Waals surface area contributed by atoms with Crippen molar-refractivity contribution < 1.29 is 14.8 Å². The van der Waals surface area contributed by atoms with Crippen molar-refractivity contribution >= 4 is 49.0 Å². The van der Waals surface area contributed by atoms with E-state index in [2.05, 4.69) is 15.9 Å². The number of nitro benzene ring substituents is 1. The highest BCUT2D eigenvalue weighted by atomic mass is 79.9. The molecule has 16 heavy (non-hydrogen) atoms. The minimum Gasteiger partial charge on any atom is -0.477 e. The molecule has 0 aliphatic rings. The van der Waals surface area contributed by atoms with Crippen molar-refractivity contribution in [3.63, 3.8) is 0 Å². The normalized spacial score (nSPS) is 10.6. The molecular formula is C9H4BrNO4S. The average molecular weight is 302 g/mol. The number of aromatic carboxylic acids is 1. The summed E-state index contributed by atoms with van der Waals surface area (Å²) >= 11 is 4.10. The van der Waals surface area contributed by atoms with Gasteiger partial charge in [0.2, 0.25) is 0 Å². The summed E-state index contributed by atoms with van der Waals surface area (Å²) < 4.78 is 0.937. The van der Waals surface area contributed by atoms with Crippen LogP contribution in [0.4, 0.5) is 5.69 Å². The quantitative estimate of drug-likeness (QED) is 0.682. The summed E-state index contributed by atoms with van der Waals surface area (Å²) in [6, 6.07) is 4.53. The second kappa shape index (κ2) is 3.84. The summed E-state index contributed by atoms with van der Waals surface area (Å²) in [5.41, 5.74) is -0.0961. The van der Waals surface area contributed by atoms with E-state index < -0.39 is 10.9 Å². The number of nitrogens with zero attached hydrogens (tertiary/aromatic N) is 1. The first-order valence-corrected chi connectivity index (χ1v) is 5.71. The second-order valence-corrected chi connectivity index (χ2v) is 4.92. The zero-order chi connectivity index (χ0) is 11.9. The van der Waals surface area contributed by atoms with Crippen molar-refractivity contribution in [2.24, 2.45) is 0 Å². The number of rotatable bonds is 2. The molecule has 0 bridgehead atoms. The Balaban J connectivity index is 2.82. The first-order valence-electron chi connectivity index (χ1n) is 4.10. The third kappa shape index (κ3) is 1.68. The fraction of sp³-hybridized carbons (Fsp3) is 0. The predicted molar refractivity (Wildman–Crippen MR) is 63.1 cm³/mol. The molecule has 0 saturated heterocycles. The zero-order valence-electron chi connectivity index (χ0n) is 7.64. The lowest BCUT2D eigenvalue weighted by molar-refractivity contribution is -0.383. The van der Waals surface area contributed by atoms with Crippen LogP contribution >= 0.6 is 27.3 Å². The Bertz CT molecular complexity index is 607. The lowest BCUT2D eigenvalue weighted by atomic mass is 10.2. The van der Waals surface area contributed by atoms with Crippen LogP contribution in [0.2, 0.25) is 0 Å². The predicted octanol–water partition coefficient (Wildman–Crippen LogP) is 3.27. The van der Waals surface area contributed by atoms with E-state index >= 15 is 0 Å². The first-order chi connectivity index (χ1) is 7.50. The van der Waals surface area contributed by atoms with E-state index in [0.29, 0.717) is 14.6 Å². The van der Waals surface area contributed by atoms with Gasteiger partial charge < -0.3 is 5.11 Å². The van der Waals surface area contributed by atoms with E-state index in [0.717, 1.165) is 11.3 Å². The first kappa shape index (κ1) is 11.0. The Labute approximate surface area is 102 Å². The molecule has 1 N–H and O–H groups in total. The molecule has 0 radical (unpaired) electrons. The van der Waals surface area contributed by atoms with E-state index in [1.54, 1.807) is 12.1 Å². The third-order valence-electron chi connectivity index (χ3n) is 2.02. The summed E-state index contributed by atoms with van der Waals surface area (Å²) in [7, 11) is 0. The Kier molecular flexibility index (Phi) is 2.64. The van der Waals surface area contributed by atoms with Gasteiger partial charge in [0, 0.05) is 4.70 Å². The van der Waals surface area contributed by atoms with Crippen LogP contribution < -0.4 is 0 Å². The Morgan fingerprint density at radius 2 is 2.19 bits per heavy atom. The van der Waals surface area contributed by atoms with Gasteiger partial charge in [-0.15, -0.1) is 11.3 Å². The highest BCUT2D eigenvalue weighted by molar-refractivity contribution is 9.10. The lowest BCUT2D eigenvalue weighted by Gasteiger charge is -1.95. The molecule has 0 atom stereocenters. The Hall–Kier alpha value is -1.47. The molecule has 7 heteroatoms. The largest absolute Gasteiger partial charge is 0.477 e. The maximum atomic E-state index is 10.8. The number of benzene rings is 1. The van der Waals surface area contributed by atoms with Crippen LogP contribution in [0.25, 0.3) is 10.1 Å². The molecule has 0 aliphatic carbocycles. The summed E-state index contributed by atoms with van der Waals surface area (Å²) in [6.45, 7) is 0. The van der Waals surface area contributed by atoms with Crippen LogP contribution in [0.3, 0.4) is 0 Å². The fourth-order valence-electron chi connectivity index (χ4n) is 1.36. The second-order valence-electron chi connectivity index (χ2n) is 2.98. The standard InChI is InChI=1S/C9H4BrNO4S/c10-5-1-2-6-4(8(5)11(14)15)3-7(16-6)9(12)13/h1-3H,(H,12,13). The number of carboxylic acids is 1. The van der Waals surface area contributed by atoms with Gasteiger partial charge >= 0.3 is 5.97 Å². The zero-order valence-corrected chi connectivity index (χ0v) is 10.0. The Morgan fingerprint density at radius 1 is 1.50 bits per heavy atom. The summed E-state index contributed by atoms with van der Waals surface area (Å²) in [5.74, 6) is -1.08. The molecule has 2 rings (SSSR count). The molecule has 0 saturated carbocycles. The molecule has 0 fully saturated rings. The molecule has 0 aliphatic heterocycles. The van der Waals surface area contributed by atoms with Crippen molar-refractivity contribution in [2.45, 2.75) is 0 Å². The van der Waals surface area contributed by atoms with E-state index in [4.69, 9.17) is 5.11 Å². The van der Waals surface area contributed by atoms with Gasteiger partial charge in [-0.3, -0.25) is 10.1 Å². The van der Waals surface area contributed by atoms with Crippen LogP contribution in [-0.4, -0.2) is 16.0 Å². The monoisotopic (exact) mass is 301 g/mol. The van der Waals surface area contributed by atoms with Gasteiger partial charge in [-0.2, -0.15) is 0 Å². The van der Waals surface area contributed by atoms with Gasteiger partial charge in [0.1, 0.15) is 4.88 Å². The smallest absolute Gasteiger partial charge is 0.345 e. The molecule has 0 unspecified atom stereocenters. The number of carbonyl (C=O) groups is 1. The Morgan fingerprint density at radius 3 is 2.75 bits per heavy atom. The van der Waals surface area contributed by atoms with Gasteiger partial charge in [-0.25, -0.2) is 4.79 Å². The van der Waals surface area contributed by atoms with Crippen molar-refractivity contribution in [3.05, 3.63) is 37.7 Å². The van der Waals surface area contributed by atoms with E-state index in [1.807, 2.05) is 0 Å². The molecule has 1 aromatic heterocycles. The number of hydrogen-bond acceptors (Lipinski definition) is 4. The highest BCUT2D eigenvalue weighted by Gasteiger charge is 2.20. The molecule has 0 amide bonds. The fourth-order valence-corrected chi connectivity index (χ4v) is 2.75. The maximum absolute atomic E-state index is 10.8. The number of hydrogen-bond donors (Lipinski definition) is 1.